The fraction of sp³-hybridized carbons (Fsp3) is 0.381. The van der Waals surface area contributed by atoms with E-state index >= 15 is 0 Å². The number of alkyl halides is 3. The van der Waals surface area contributed by atoms with Crippen molar-refractivity contribution in [1.29, 1.82) is 0 Å². The van der Waals surface area contributed by atoms with E-state index in [1.165, 1.54) is 24.3 Å². The molecular formula is C21H26F3IN4O2. The average Bonchev–Trinajstić information content (AvgIpc) is 3.23. The number of nitrogens with two attached hydrogens (primary N) is 1. The number of anilines is 1. The van der Waals surface area contributed by atoms with Crippen LogP contribution in [-0.2, 0) is 0 Å². The molecule has 0 radical (unpaired) electrons. The second-order valence-electron chi connectivity index (χ2n) is 6.96. The Balaban J connectivity index is 0.00000341. The van der Waals surface area contributed by atoms with E-state index in [-0.39, 0.29) is 41.7 Å². The second-order valence-corrected chi connectivity index (χ2v) is 6.96. The van der Waals surface area contributed by atoms with Gasteiger partial charge in [0.15, 0.2) is 5.96 Å². The van der Waals surface area contributed by atoms with Crippen molar-refractivity contribution >= 4 is 35.6 Å². The first-order valence-corrected chi connectivity index (χ1v) is 9.65. The Hall–Kier alpha value is -2.21. The third-order valence-electron chi connectivity index (χ3n) is 4.88. The third-order valence-corrected chi connectivity index (χ3v) is 4.88. The summed E-state index contributed by atoms with van der Waals surface area (Å²) in [7, 11) is 1.63. The van der Waals surface area contributed by atoms with Crippen molar-refractivity contribution in [3.63, 3.8) is 0 Å². The average molecular weight is 550 g/mol. The zero-order valence-corrected chi connectivity index (χ0v) is 19.4. The fourth-order valence-corrected chi connectivity index (χ4v) is 3.42. The molecule has 6 nitrogen and oxygen atoms in total. The summed E-state index contributed by atoms with van der Waals surface area (Å²) in [6.07, 6.45) is -2.42. The maximum Gasteiger partial charge on any atom is 0.573 e. The van der Waals surface area contributed by atoms with Crippen LogP contribution in [0.25, 0.3) is 0 Å². The van der Waals surface area contributed by atoms with Crippen LogP contribution in [0.1, 0.15) is 24.4 Å². The Bertz CT molecular complexity index is 839. The van der Waals surface area contributed by atoms with Gasteiger partial charge in [0.2, 0.25) is 0 Å². The molecule has 0 spiro atoms. The molecule has 1 atom stereocenters. The van der Waals surface area contributed by atoms with Gasteiger partial charge in [-0.25, -0.2) is 0 Å². The zero-order chi connectivity index (χ0) is 21.6. The number of hydrogen-bond acceptors (Lipinski definition) is 4. The normalized spacial score (nSPS) is 15.8. The first-order chi connectivity index (χ1) is 14.3. The Morgan fingerprint density at radius 3 is 2.19 bits per heavy atom. The molecule has 0 bridgehead atoms. The minimum atomic E-state index is -4.72. The molecule has 3 rings (SSSR count). The van der Waals surface area contributed by atoms with E-state index in [0.717, 1.165) is 37.2 Å². The number of nitrogens with one attached hydrogen (secondary N) is 1. The number of nitrogens with zero attached hydrogens (tertiary/aromatic N) is 2. The number of aliphatic imine (C=N–C) groups is 1. The number of benzene rings is 2. The molecule has 1 aliphatic rings. The molecule has 1 aliphatic heterocycles. The Labute approximate surface area is 196 Å². The van der Waals surface area contributed by atoms with Crippen LogP contribution in [0.4, 0.5) is 18.9 Å². The van der Waals surface area contributed by atoms with Crippen LogP contribution in [0.3, 0.4) is 0 Å². The summed E-state index contributed by atoms with van der Waals surface area (Å²) in [5.74, 6) is 0.691. The lowest BCUT2D eigenvalue weighted by Crippen LogP contribution is -2.30. The molecule has 2 aromatic rings. The molecule has 31 heavy (non-hydrogen) atoms. The zero-order valence-electron chi connectivity index (χ0n) is 17.1. The largest absolute Gasteiger partial charge is 0.573 e. The SMILES string of the molecule is COc1ccc(C(CN=C(N)Nc2ccc(OC(F)(F)F)cc2)N2CCCC2)cc1.I. The molecular weight excluding hydrogens is 524 g/mol. The number of ether oxygens (including phenoxy) is 2. The van der Waals surface area contributed by atoms with Crippen LogP contribution in [0.2, 0.25) is 0 Å². The molecule has 0 saturated carbocycles. The molecule has 0 aromatic heterocycles. The van der Waals surface area contributed by atoms with Gasteiger partial charge in [0.25, 0.3) is 0 Å². The lowest BCUT2D eigenvalue weighted by Gasteiger charge is -2.27. The Morgan fingerprint density at radius 2 is 1.65 bits per heavy atom. The van der Waals surface area contributed by atoms with E-state index in [9.17, 15) is 13.2 Å². The van der Waals surface area contributed by atoms with E-state index in [0.29, 0.717) is 12.2 Å². The summed E-state index contributed by atoms with van der Waals surface area (Å²) in [6.45, 7) is 2.46. The van der Waals surface area contributed by atoms with Crippen LogP contribution in [0, 0.1) is 0 Å². The molecule has 170 valence electrons. The van der Waals surface area contributed by atoms with E-state index < -0.39 is 6.36 Å². The van der Waals surface area contributed by atoms with E-state index in [2.05, 4.69) is 19.9 Å². The first-order valence-electron chi connectivity index (χ1n) is 9.65. The Kier molecular flexibility index (Phi) is 9.23. The number of rotatable bonds is 7. The molecule has 3 N–H and O–H groups in total. The summed E-state index contributed by atoms with van der Waals surface area (Å²) in [6, 6.07) is 13.3. The van der Waals surface area contributed by atoms with Crippen molar-refractivity contribution in [2.75, 3.05) is 32.1 Å². The van der Waals surface area contributed by atoms with Crippen LogP contribution in [-0.4, -0.2) is 44.0 Å². The molecule has 1 saturated heterocycles. The summed E-state index contributed by atoms with van der Waals surface area (Å²) in [5, 5.41) is 2.90. The van der Waals surface area contributed by atoms with Crippen LogP contribution in [0.5, 0.6) is 11.5 Å². The smallest absolute Gasteiger partial charge is 0.497 e. The van der Waals surface area contributed by atoms with E-state index in [1.54, 1.807) is 7.11 Å². The topological polar surface area (TPSA) is 72.1 Å². The number of guanidine groups is 1. The van der Waals surface area contributed by atoms with Gasteiger partial charge in [0, 0.05) is 5.69 Å². The van der Waals surface area contributed by atoms with Crippen molar-refractivity contribution in [1.82, 2.24) is 4.90 Å². The Morgan fingerprint density at radius 1 is 1.06 bits per heavy atom. The molecule has 1 unspecified atom stereocenters. The lowest BCUT2D eigenvalue weighted by atomic mass is 10.1. The van der Waals surface area contributed by atoms with Gasteiger partial charge < -0.3 is 20.5 Å². The summed E-state index contributed by atoms with van der Waals surface area (Å²) in [5.41, 5.74) is 7.65. The highest BCUT2D eigenvalue weighted by Gasteiger charge is 2.31. The van der Waals surface area contributed by atoms with Gasteiger partial charge >= 0.3 is 6.36 Å². The van der Waals surface area contributed by atoms with Gasteiger partial charge in [-0.15, -0.1) is 37.1 Å². The highest BCUT2D eigenvalue weighted by molar-refractivity contribution is 14.0. The highest BCUT2D eigenvalue weighted by atomic mass is 127. The van der Waals surface area contributed by atoms with Gasteiger partial charge in [0.05, 0.1) is 19.7 Å². The third kappa shape index (κ3) is 7.76. The van der Waals surface area contributed by atoms with Gasteiger partial charge in [-0.3, -0.25) is 9.89 Å². The lowest BCUT2D eigenvalue weighted by molar-refractivity contribution is -0.274. The number of halogens is 4. The number of methoxy groups -OCH3 is 1. The summed E-state index contributed by atoms with van der Waals surface area (Å²) < 4.78 is 45.8. The van der Waals surface area contributed by atoms with Crippen LogP contribution >= 0.6 is 24.0 Å². The molecule has 1 heterocycles. The van der Waals surface area contributed by atoms with Crippen molar-refractivity contribution in [3.8, 4) is 11.5 Å². The van der Waals surface area contributed by atoms with Crippen molar-refractivity contribution < 1.29 is 22.6 Å². The first kappa shape index (κ1) is 25.1. The fourth-order valence-electron chi connectivity index (χ4n) is 3.42. The predicted octanol–water partition coefficient (Wildman–Crippen LogP) is 4.78. The molecule has 0 amide bonds. The van der Waals surface area contributed by atoms with E-state index in [4.69, 9.17) is 10.5 Å². The van der Waals surface area contributed by atoms with Crippen LogP contribution < -0.4 is 20.5 Å². The molecule has 0 aliphatic carbocycles. The van der Waals surface area contributed by atoms with Gasteiger partial charge in [-0.1, -0.05) is 12.1 Å². The summed E-state index contributed by atoms with van der Waals surface area (Å²) in [4.78, 5) is 6.84. The second kappa shape index (κ2) is 11.4. The van der Waals surface area contributed by atoms with Crippen LogP contribution in [0.15, 0.2) is 53.5 Å². The monoisotopic (exact) mass is 550 g/mol. The van der Waals surface area contributed by atoms with Gasteiger partial charge in [-0.05, 0) is 67.9 Å². The minimum Gasteiger partial charge on any atom is -0.497 e. The molecule has 2 aromatic carbocycles. The standard InChI is InChI=1S/C21H25F3N4O2.HI/c1-29-17-8-4-15(5-9-17)19(28-12-2-3-13-28)14-26-20(25)27-16-6-10-18(11-7-16)30-21(22,23)24;/h4-11,19H,2-3,12-14H2,1H3,(H3,25,26,27);1H. The molecule has 1 fully saturated rings. The predicted molar refractivity (Wildman–Crippen MR) is 125 cm³/mol. The number of likely N-dealkylation sites (tertiary alicyclic amines) is 1. The van der Waals surface area contributed by atoms with Crippen molar-refractivity contribution in [2.45, 2.75) is 25.2 Å². The number of hydrogen-bond donors (Lipinski definition) is 2. The maximum absolute atomic E-state index is 12.3. The van der Waals surface area contributed by atoms with Crippen molar-refractivity contribution in [2.24, 2.45) is 10.7 Å². The minimum absolute atomic E-state index is 0. The highest BCUT2D eigenvalue weighted by Crippen LogP contribution is 2.27. The summed E-state index contributed by atoms with van der Waals surface area (Å²) >= 11 is 0. The maximum atomic E-state index is 12.3. The van der Waals surface area contributed by atoms with Crippen molar-refractivity contribution in [3.05, 3.63) is 54.1 Å². The van der Waals surface area contributed by atoms with Gasteiger partial charge in [-0.2, -0.15) is 0 Å². The van der Waals surface area contributed by atoms with Gasteiger partial charge in [0.1, 0.15) is 11.5 Å². The van der Waals surface area contributed by atoms with E-state index in [1.807, 2.05) is 24.3 Å². The molecule has 10 heteroatoms. The quantitative estimate of drug-likeness (QED) is 0.295.